The molecule has 1 heteroatoms. The Kier molecular flexibility index (Phi) is 15.8. The summed E-state index contributed by atoms with van der Waals surface area (Å²) in [6.07, 6.45) is 23.4. The van der Waals surface area contributed by atoms with Crippen molar-refractivity contribution in [2.45, 2.75) is 109 Å². The van der Waals surface area contributed by atoms with Crippen molar-refractivity contribution < 1.29 is 0 Å². The maximum absolute atomic E-state index is 5.55. The van der Waals surface area contributed by atoms with E-state index in [1.54, 1.807) is 0 Å². The van der Waals surface area contributed by atoms with Gasteiger partial charge in [0.1, 0.15) is 0 Å². The minimum absolute atomic E-state index is 0.759. The molecule has 178 valence electrons. The largest absolute Gasteiger partial charge is 0.330 e. The quantitative estimate of drug-likeness (QED) is 0.206. The molecule has 0 aliphatic carbocycles. The van der Waals surface area contributed by atoms with E-state index in [2.05, 4.69) is 60.7 Å². The molecule has 0 fully saturated rings. The van der Waals surface area contributed by atoms with Crippen molar-refractivity contribution in [1.29, 1.82) is 0 Å². The first-order valence-corrected chi connectivity index (χ1v) is 13.7. The number of hydrogen-bond donors (Lipinski definition) is 1. The summed E-state index contributed by atoms with van der Waals surface area (Å²) < 4.78 is 0. The van der Waals surface area contributed by atoms with Crippen molar-refractivity contribution in [1.82, 2.24) is 0 Å². The Bertz CT molecular complexity index is 595. The highest BCUT2D eigenvalue weighted by Crippen LogP contribution is 2.21. The van der Waals surface area contributed by atoms with Crippen LogP contribution in [0.3, 0.4) is 0 Å². The Hall–Kier alpha value is -1.60. The van der Waals surface area contributed by atoms with Gasteiger partial charge in [-0.3, -0.25) is 0 Å². The summed E-state index contributed by atoms with van der Waals surface area (Å²) in [6, 6.07) is 22.1. The van der Waals surface area contributed by atoms with Gasteiger partial charge in [0.25, 0.3) is 0 Å². The predicted molar refractivity (Wildman–Crippen MR) is 142 cm³/mol. The van der Waals surface area contributed by atoms with E-state index in [1.165, 1.54) is 120 Å². The molecule has 2 N–H and O–H groups in total. The Morgan fingerprint density at radius 2 is 0.781 bits per heavy atom. The smallest absolute Gasteiger partial charge is 0.00773 e. The standard InChI is InChI=1S/C31H49N/c32-26-20-12-10-8-6-4-2-1-3-5-7-9-11-15-25-31(27-29-21-16-13-17-22-29)28-30-23-18-14-19-24-30/h13-14,16-19,21-24,31H,1-12,15,20,25-28,32H2. The highest BCUT2D eigenvalue weighted by Gasteiger charge is 2.11. The fourth-order valence-electron chi connectivity index (χ4n) is 4.87. The Labute approximate surface area is 199 Å². The van der Waals surface area contributed by atoms with E-state index in [9.17, 15) is 0 Å². The zero-order chi connectivity index (χ0) is 22.5. The molecule has 1 nitrogen and oxygen atoms in total. The summed E-state index contributed by atoms with van der Waals surface area (Å²) in [7, 11) is 0. The third-order valence-corrected chi connectivity index (χ3v) is 6.80. The van der Waals surface area contributed by atoms with Gasteiger partial charge in [0.2, 0.25) is 0 Å². The molecule has 0 bridgehead atoms. The van der Waals surface area contributed by atoms with E-state index < -0.39 is 0 Å². The molecule has 0 saturated heterocycles. The molecule has 0 radical (unpaired) electrons. The lowest BCUT2D eigenvalue weighted by molar-refractivity contribution is 0.444. The fourth-order valence-corrected chi connectivity index (χ4v) is 4.87. The van der Waals surface area contributed by atoms with E-state index >= 15 is 0 Å². The molecule has 2 aromatic carbocycles. The number of nitrogens with two attached hydrogens (primary N) is 1. The highest BCUT2D eigenvalue weighted by molar-refractivity contribution is 5.18. The van der Waals surface area contributed by atoms with E-state index in [-0.39, 0.29) is 0 Å². The van der Waals surface area contributed by atoms with Gasteiger partial charge in [-0.1, -0.05) is 144 Å². The first kappa shape index (κ1) is 26.7. The van der Waals surface area contributed by atoms with E-state index in [0.29, 0.717) is 0 Å². The summed E-state index contributed by atoms with van der Waals surface area (Å²) in [5.74, 6) is 0.759. The molecule has 2 rings (SSSR count). The zero-order valence-electron chi connectivity index (χ0n) is 20.7. The molecule has 0 heterocycles. The van der Waals surface area contributed by atoms with Crippen LogP contribution in [-0.4, -0.2) is 6.54 Å². The molecule has 0 unspecified atom stereocenters. The molecule has 0 amide bonds. The second kappa shape index (κ2) is 18.9. The summed E-state index contributed by atoms with van der Waals surface area (Å²) in [5.41, 5.74) is 8.53. The van der Waals surface area contributed by atoms with Crippen molar-refractivity contribution >= 4 is 0 Å². The van der Waals surface area contributed by atoms with Crippen molar-refractivity contribution in [2.24, 2.45) is 11.7 Å². The Morgan fingerprint density at radius 1 is 0.438 bits per heavy atom. The van der Waals surface area contributed by atoms with E-state index in [1.807, 2.05) is 0 Å². The summed E-state index contributed by atoms with van der Waals surface area (Å²) >= 11 is 0. The number of benzene rings is 2. The number of unbranched alkanes of at least 4 members (excludes halogenated alkanes) is 13. The van der Waals surface area contributed by atoms with Crippen LogP contribution in [-0.2, 0) is 12.8 Å². The van der Waals surface area contributed by atoms with Crippen molar-refractivity contribution in [2.75, 3.05) is 6.54 Å². The fraction of sp³-hybridized carbons (Fsp3) is 0.613. The van der Waals surface area contributed by atoms with Crippen LogP contribution in [0.25, 0.3) is 0 Å². The van der Waals surface area contributed by atoms with Gasteiger partial charge in [0, 0.05) is 0 Å². The zero-order valence-corrected chi connectivity index (χ0v) is 20.7. The second-order valence-electron chi connectivity index (χ2n) is 9.77. The van der Waals surface area contributed by atoms with Crippen molar-refractivity contribution in [3.63, 3.8) is 0 Å². The topological polar surface area (TPSA) is 26.0 Å². The monoisotopic (exact) mass is 435 g/mol. The van der Waals surface area contributed by atoms with Gasteiger partial charge in [-0.2, -0.15) is 0 Å². The minimum Gasteiger partial charge on any atom is -0.330 e. The average molecular weight is 436 g/mol. The van der Waals surface area contributed by atoms with Crippen LogP contribution < -0.4 is 5.73 Å². The van der Waals surface area contributed by atoms with Gasteiger partial charge in [-0.25, -0.2) is 0 Å². The molecule has 32 heavy (non-hydrogen) atoms. The molecule has 0 spiro atoms. The van der Waals surface area contributed by atoms with Crippen LogP contribution in [0.5, 0.6) is 0 Å². The number of rotatable bonds is 20. The molecule has 0 aromatic heterocycles. The van der Waals surface area contributed by atoms with E-state index in [4.69, 9.17) is 5.73 Å². The summed E-state index contributed by atoms with van der Waals surface area (Å²) in [5, 5.41) is 0. The third kappa shape index (κ3) is 13.7. The van der Waals surface area contributed by atoms with Crippen LogP contribution >= 0.6 is 0 Å². The van der Waals surface area contributed by atoms with Gasteiger partial charge in [-0.15, -0.1) is 0 Å². The van der Waals surface area contributed by atoms with Gasteiger partial charge < -0.3 is 5.73 Å². The second-order valence-corrected chi connectivity index (χ2v) is 9.77. The lowest BCUT2D eigenvalue weighted by atomic mass is 9.88. The molecule has 0 atom stereocenters. The molecular weight excluding hydrogens is 386 g/mol. The highest BCUT2D eigenvalue weighted by atomic mass is 14.5. The molecule has 2 aromatic rings. The summed E-state index contributed by atoms with van der Waals surface area (Å²) in [4.78, 5) is 0. The maximum atomic E-state index is 5.55. The molecular formula is C31H49N. The van der Waals surface area contributed by atoms with Gasteiger partial charge in [0.15, 0.2) is 0 Å². The van der Waals surface area contributed by atoms with Crippen molar-refractivity contribution in [3.05, 3.63) is 71.8 Å². The summed E-state index contributed by atoms with van der Waals surface area (Å²) in [6.45, 7) is 0.863. The molecule has 0 saturated carbocycles. The lowest BCUT2D eigenvalue weighted by Crippen LogP contribution is -2.08. The third-order valence-electron chi connectivity index (χ3n) is 6.80. The predicted octanol–water partition coefficient (Wildman–Crippen LogP) is 8.90. The Balaban J connectivity index is 1.49. The van der Waals surface area contributed by atoms with Gasteiger partial charge >= 0.3 is 0 Å². The number of hydrogen-bond acceptors (Lipinski definition) is 1. The molecule has 0 aliphatic rings. The minimum atomic E-state index is 0.759. The first-order valence-electron chi connectivity index (χ1n) is 13.7. The van der Waals surface area contributed by atoms with Gasteiger partial charge in [0.05, 0.1) is 0 Å². The average Bonchev–Trinajstić information content (AvgIpc) is 2.83. The SMILES string of the molecule is NCCCCCCCCCCCCCCCCC(Cc1ccccc1)Cc1ccccc1. The normalized spacial score (nSPS) is 11.3. The van der Waals surface area contributed by atoms with E-state index in [0.717, 1.165) is 12.5 Å². The van der Waals surface area contributed by atoms with Crippen LogP contribution in [0, 0.1) is 5.92 Å². The van der Waals surface area contributed by atoms with Gasteiger partial charge in [-0.05, 0) is 49.3 Å². The first-order chi connectivity index (χ1) is 15.9. The van der Waals surface area contributed by atoms with Crippen molar-refractivity contribution in [3.8, 4) is 0 Å². The lowest BCUT2D eigenvalue weighted by Gasteiger charge is -2.17. The Morgan fingerprint density at radius 3 is 1.16 bits per heavy atom. The van der Waals surface area contributed by atoms with Crippen LogP contribution in [0.15, 0.2) is 60.7 Å². The molecule has 0 aliphatic heterocycles. The van der Waals surface area contributed by atoms with Crippen LogP contribution in [0.1, 0.15) is 107 Å². The van der Waals surface area contributed by atoms with Crippen LogP contribution in [0.2, 0.25) is 0 Å². The maximum Gasteiger partial charge on any atom is -0.00773 e. The van der Waals surface area contributed by atoms with Crippen LogP contribution in [0.4, 0.5) is 0 Å².